The average Bonchev–Trinajstić information content (AvgIpc) is 2.25. The highest BCUT2D eigenvalue weighted by Gasteiger charge is 2.04. The normalized spacial score (nSPS) is 13.8. The van der Waals surface area contributed by atoms with Gasteiger partial charge in [0.05, 0.1) is 18.9 Å². The zero-order chi connectivity index (χ0) is 13.3. The second kappa shape index (κ2) is 10.8. The van der Waals surface area contributed by atoms with Crippen molar-refractivity contribution in [2.24, 2.45) is 10.7 Å². The van der Waals surface area contributed by atoms with E-state index in [1.807, 2.05) is 6.92 Å². The van der Waals surface area contributed by atoms with Gasteiger partial charge in [-0.25, -0.2) is 13.1 Å². The van der Waals surface area contributed by atoms with Crippen LogP contribution >= 0.6 is 24.0 Å². The molecule has 110 valence electrons. The van der Waals surface area contributed by atoms with Crippen molar-refractivity contribution in [2.75, 3.05) is 32.6 Å². The lowest BCUT2D eigenvalue weighted by atomic mass is 10.4. The molecule has 0 aliphatic heterocycles. The van der Waals surface area contributed by atoms with Gasteiger partial charge in [-0.05, 0) is 13.8 Å². The number of aliphatic imine (C=N–C) groups is 1. The van der Waals surface area contributed by atoms with Crippen molar-refractivity contribution in [1.82, 2.24) is 10.0 Å². The topological polar surface area (TPSA) is 106 Å². The summed E-state index contributed by atoms with van der Waals surface area (Å²) in [5, 5.41) is 2.92. The SMILES string of the molecule is CCS(=O)(=O)NCCN=C(N)NC(C)COC.I. The fraction of sp³-hybridized carbons (Fsp3) is 0.889. The minimum absolute atomic E-state index is 0. The number of nitrogens with two attached hydrogens (primary N) is 1. The van der Waals surface area contributed by atoms with Gasteiger partial charge < -0.3 is 15.8 Å². The molecule has 0 aliphatic rings. The van der Waals surface area contributed by atoms with Crippen LogP contribution in [0.1, 0.15) is 13.8 Å². The van der Waals surface area contributed by atoms with Gasteiger partial charge in [0.1, 0.15) is 0 Å². The Bertz CT molecular complexity index is 335. The van der Waals surface area contributed by atoms with Gasteiger partial charge in [-0.15, -0.1) is 24.0 Å². The third-order valence-corrected chi connectivity index (χ3v) is 3.31. The minimum atomic E-state index is -3.15. The predicted molar refractivity (Wildman–Crippen MR) is 83.8 cm³/mol. The van der Waals surface area contributed by atoms with E-state index in [1.165, 1.54) is 0 Å². The Kier molecular flexibility index (Phi) is 12.1. The van der Waals surface area contributed by atoms with Gasteiger partial charge in [-0.1, -0.05) is 0 Å². The summed E-state index contributed by atoms with van der Waals surface area (Å²) in [5.41, 5.74) is 5.59. The molecule has 0 spiro atoms. The monoisotopic (exact) mass is 394 g/mol. The van der Waals surface area contributed by atoms with Gasteiger partial charge in [0, 0.05) is 19.7 Å². The average molecular weight is 394 g/mol. The van der Waals surface area contributed by atoms with E-state index in [0.29, 0.717) is 13.2 Å². The molecule has 4 N–H and O–H groups in total. The van der Waals surface area contributed by atoms with Crippen LogP contribution in [-0.2, 0) is 14.8 Å². The van der Waals surface area contributed by atoms with E-state index in [-0.39, 0.29) is 48.3 Å². The lowest BCUT2D eigenvalue weighted by Gasteiger charge is -2.13. The number of nitrogens with zero attached hydrogens (tertiary/aromatic N) is 1. The second-order valence-corrected chi connectivity index (χ2v) is 5.66. The quantitative estimate of drug-likeness (QED) is 0.222. The van der Waals surface area contributed by atoms with Gasteiger partial charge in [-0.3, -0.25) is 4.99 Å². The Morgan fingerprint density at radius 3 is 2.61 bits per heavy atom. The van der Waals surface area contributed by atoms with Crippen molar-refractivity contribution in [2.45, 2.75) is 19.9 Å². The fourth-order valence-electron chi connectivity index (χ4n) is 1.07. The number of rotatable bonds is 8. The largest absolute Gasteiger partial charge is 0.383 e. The summed E-state index contributed by atoms with van der Waals surface area (Å²) in [6, 6.07) is 0.0658. The van der Waals surface area contributed by atoms with Gasteiger partial charge in [0.15, 0.2) is 5.96 Å². The molecule has 0 bridgehead atoms. The van der Waals surface area contributed by atoms with Gasteiger partial charge in [0.2, 0.25) is 10.0 Å². The van der Waals surface area contributed by atoms with Gasteiger partial charge >= 0.3 is 0 Å². The number of hydrogen-bond acceptors (Lipinski definition) is 4. The van der Waals surface area contributed by atoms with Crippen molar-refractivity contribution in [3.63, 3.8) is 0 Å². The van der Waals surface area contributed by atoms with Crippen LogP contribution in [0, 0.1) is 0 Å². The Labute approximate surface area is 126 Å². The summed E-state index contributed by atoms with van der Waals surface area (Å²) >= 11 is 0. The van der Waals surface area contributed by atoms with Crippen LogP contribution in [0.25, 0.3) is 0 Å². The molecule has 0 radical (unpaired) electrons. The Hall–Kier alpha value is -0.130. The highest BCUT2D eigenvalue weighted by molar-refractivity contribution is 14.0. The fourth-order valence-corrected chi connectivity index (χ4v) is 1.68. The molecule has 1 atom stereocenters. The number of nitrogens with one attached hydrogen (secondary N) is 2. The van der Waals surface area contributed by atoms with E-state index < -0.39 is 10.0 Å². The summed E-state index contributed by atoms with van der Waals surface area (Å²) < 4.78 is 29.5. The first kappa shape index (κ1) is 20.2. The molecule has 1 unspecified atom stereocenters. The first-order valence-electron chi connectivity index (χ1n) is 5.44. The van der Waals surface area contributed by atoms with Crippen LogP contribution < -0.4 is 15.8 Å². The first-order valence-corrected chi connectivity index (χ1v) is 7.09. The number of methoxy groups -OCH3 is 1. The van der Waals surface area contributed by atoms with Gasteiger partial charge in [0.25, 0.3) is 0 Å². The molecule has 7 nitrogen and oxygen atoms in total. The van der Waals surface area contributed by atoms with E-state index in [9.17, 15) is 8.42 Å². The molecule has 0 aromatic heterocycles. The molecule has 0 aromatic carbocycles. The van der Waals surface area contributed by atoms with Crippen molar-refractivity contribution >= 4 is 40.0 Å². The first-order chi connectivity index (χ1) is 7.91. The number of ether oxygens (including phenoxy) is 1. The summed E-state index contributed by atoms with van der Waals surface area (Å²) in [4.78, 5) is 3.98. The highest BCUT2D eigenvalue weighted by atomic mass is 127. The molecular weight excluding hydrogens is 371 g/mol. The molecular formula is C9H23IN4O3S. The van der Waals surface area contributed by atoms with Crippen LogP contribution in [0.4, 0.5) is 0 Å². The maximum absolute atomic E-state index is 11.1. The van der Waals surface area contributed by atoms with Crippen LogP contribution in [0.5, 0.6) is 0 Å². The molecule has 0 amide bonds. The Balaban J connectivity index is 0. The Morgan fingerprint density at radius 2 is 2.11 bits per heavy atom. The summed E-state index contributed by atoms with van der Waals surface area (Å²) in [5.74, 6) is 0.347. The smallest absolute Gasteiger partial charge is 0.211 e. The third-order valence-electron chi connectivity index (χ3n) is 1.91. The lowest BCUT2D eigenvalue weighted by Crippen LogP contribution is -2.41. The molecule has 0 aliphatic carbocycles. The summed E-state index contributed by atoms with van der Waals surface area (Å²) in [6.45, 7) is 4.56. The number of sulfonamides is 1. The van der Waals surface area contributed by atoms with E-state index in [1.54, 1.807) is 14.0 Å². The third kappa shape index (κ3) is 11.0. The molecule has 0 heterocycles. The number of guanidine groups is 1. The molecule has 0 aromatic rings. The second-order valence-electron chi connectivity index (χ2n) is 3.57. The molecule has 18 heavy (non-hydrogen) atoms. The predicted octanol–water partition coefficient (Wildman–Crippen LogP) is -0.517. The van der Waals surface area contributed by atoms with Crippen molar-refractivity contribution in [1.29, 1.82) is 0 Å². The van der Waals surface area contributed by atoms with Crippen LogP contribution in [0.3, 0.4) is 0 Å². The van der Waals surface area contributed by atoms with Crippen LogP contribution in [0.15, 0.2) is 4.99 Å². The van der Waals surface area contributed by atoms with E-state index in [0.717, 1.165) is 0 Å². The molecule has 0 saturated carbocycles. The highest BCUT2D eigenvalue weighted by Crippen LogP contribution is 1.83. The number of halogens is 1. The summed E-state index contributed by atoms with van der Waals surface area (Å²) in [6.07, 6.45) is 0. The molecule has 0 saturated heterocycles. The minimum Gasteiger partial charge on any atom is -0.383 e. The van der Waals surface area contributed by atoms with E-state index in [2.05, 4.69) is 15.0 Å². The zero-order valence-corrected chi connectivity index (χ0v) is 14.1. The molecule has 0 rings (SSSR count). The van der Waals surface area contributed by atoms with Crippen LogP contribution in [-0.4, -0.2) is 53.0 Å². The molecule has 9 heteroatoms. The van der Waals surface area contributed by atoms with Crippen LogP contribution in [0.2, 0.25) is 0 Å². The maximum Gasteiger partial charge on any atom is 0.211 e. The van der Waals surface area contributed by atoms with Crippen molar-refractivity contribution in [3.8, 4) is 0 Å². The van der Waals surface area contributed by atoms with Crippen molar-refractivity contribution in [3.05, 3.63) is 0 Å². The van der Waals surface area contributed by atoms with Gasteiger partial charge in [-0.2, -0.15) is 0 Å². The number of hydrogen-bond donors (Lipinski definition) is 3. The van der Waals surface area contributed by atoms with E-state index >= 15 is 0 Å². The molecule has 0 fully saturated rings. The summed E-state index contributed by atoms with van der Waals surface area (Å²) in [7, 11) is -1.55. The zero-order valence-electron chi connectivity index (χ0n) is 11.0. The van der Waals surface area contributed by atoms with Crippen molar-refractivity contribution < 1.29 is 13.2 Å². The maximum atomic E-state index is 11.1. The van der Waals surface area contributed by atoms with E-state index in [4.69, 9.17) is 10.5 Å². The Morgan fingerprint density at radius 1 is 1.50 bits per heavy atom. The lowest BCUT2D eigenvalue weighted by molar-refractivity contribution is 0.179. The standard InChI is InChI=1S/C9H22N4O3S.HI/c1-4-17(14,15)12-6-5-11-9(10)13-8(2)7-16-3;/h8,12H,4-7H2,1-3H3,(H3,10,11,13);1H.